The Labute approximate surface area is 114 Å². The smallest absolute Gasteiger partial charge is 0.161 e. The molecule has 1 aliphatic heterocycles. The molecule has 3 N–H and O–H groups in total. The van der Waals surface area contributed by atoms with Gasteiger partial charge in [-0.2, -0.15) is 0 Å². The molecule has 4 heteroatoms. The molecule has 106 valence electrons. The molecule has 1 fully saturated rings. The van der Waals surface area contributed by atoms with E-state index in [1.807, 2.05) is 24.3 Å². The molecule has 1 aliphatic rings. The maximum atomic E-state index is 9.49. The van der Waals surface area contributed by atoms with Crippen molar-refractivity contribution in [3.8, 4) is 0 Å². The molecule has 0 spiro atoms. The number of aliphatic hydroxyl groups excluding tert-OH is 1. The van der Waals surface area contributed by atoms with Gasteiger partial charge in [-0.3, -0.25) is 0 Å². The van der Waals surface area contributed by atoms with Gasteiger partial charge in [0.1, 0.15) is 12.2 Å². The van der Waals surface area contributed by atoms with E-state index in [0.717, 1.165) is 18.4 Å². The van der Waals surface area contributed by atoms with E-state index in [2.05, 4.69) is 13.8 Å². The van der Waals surface area contributed by atoms with Gasteiger partial charge in [0, 0.05) is 17.2 Å². The van der Waals surface area contributed by atoms with Crippen molar-refractivity contribution >= 4 is 5.69 Å². The summed E-state index contributed by atoms with van der Waals surface area (Å²) in [5, 5.41) is 9.49. The number of hydrogen-bond donors (Lipinski definition) is 2. The van der Waals surface area contributed by atoms with Crippen LogP contribution in [0, 0.1) is 5.92 Å². The van der Waals surface area contributed by atoms with E-state index >= 15 is 0 Å². The van der Waals surface area contributed by atoms with Crippen LogP contribution in [-0.2, 0) is 9.47 Å². The first-order valence-corrected chi connectivity index (χ1v) is 6.97. The Morgan fingerprint density at radius 2 is 1.89 bits per heavy atom. The predicted octanol–water partition coefficient (Wildman–Crippen LogP) is 2.48. The summed E-state index contributed by atoms with van der Waals surface area (Å²) in [7, 11) is 0. The highest BCUT2D eigenvalue weighted by atomic mass is 16.7. The molecule has 1 aromatic rings. The van der Waals surface area contributed by atoms with E-state index in [-0.39, 0.29) is 25.1 Å². The van der Waals surface area contributed by atoms with Crippen LogP contribution in [0.3, 0.4) is 0 Å². The van der Waals surface area contributed by atoms with E-state index in [9.17, 15) is 5.11 Å². The maximum Gasteiger partial charge on any atom is 0.161 e. The first-order valence-electron chi connectivity index (χ1n) is 6.97. The van der Waals surface area contributed by atoms with Crippen LogP contribution in [0.1, 0.15) is 38.4 Å². The van der Waals surface area contributed by atoms with Gasteiger partial charge < -0.3 is 20.3 Å². The van der Waals surface area contributed by atoms with Gasteiger partial charge in [-0.25, -0.2) is 0 Å². The van der Waals surface area contributed by atoms with Crippen molar-refractivity contribution in [3.63, 3.8) is 0 Å². The molecule has 1 unspecified atom stereocenters. The fourth-order valence-corrected chi connectivity index (χ4v) is 2.59. The Hall–Kier alpha value is -1.10. The van der Waals surface area contributed by atoms with Gasteiger partial charge in [0.2, 0.25) is 0 Å². The fraction of sp³-hybridized carbons (Fsp3) is 0.600. The molecule has 1 aromatic carbocycles. The summed E-state index contributed by atoms with van der Waals surface area (Å²) in [4.78, 5) is 0. The summed E-state index contributed by atoms with van der Waals surface area (Å²) in [6.45, 7) is 4.19. The van der Waals surface area contributed by atoms with E-state index < -0.39 is 0 Å². The highest BCUT2D eigenvalue weighted by Gasteiger charge is 2.40. The summed E-state index contributed by atoms with van der Waals surface area (Å²) in [5.41, 5.74) is 7.57. The van der Waals surface area contributed by atoms with E-state index in [1.54, 1.807) is 0 Å². The first kappa shape index (κ1) is 14.3. The largest absolute Gasteiger partial charge is 0.398 e. The van der Waals surface area contributed by atoms with Crippen LogP contribution in [0.15, 0.2) is 24.3 Å². The van der Waals surface area contributed by atoms with Gasteiger partial charge in [0.05, 0.1) is 6.61 Å². The van der Waals surface area contributed by atoms with Gasteiger partial charge >= 0.3 is 0 Å². The van der Waals surface area contributed by atoms with Gasteiger partial charge in [-0.1, -0.05) is 32.0 Å². The molecule has 3 atom stereocenters. The number of ether oxygens (including phenoxy) is 2. The summed E-state index contributed by atoms with van der Waals surface area (Å²) in [6.07, 6.45) is 1.12. The van der Waals surface area contributed by atoms with Crippen molar-refractivity contribution in [1.29, 1.82) is 0 Å². The lowest BCUT2D eigenvalue weighted by atomic mass is 10.0. The monoisotopic (exact) mass is 265 g/mol. The number of nitrogen functional groups attached to an aromatic ring is 1. The second-order valence-electron chi connectivity index (χ2n) is 4.99. The third-order valence-corrected chi connectivity index (χ3v) is 3.84. The lowest BCUT2D eigenvalue weighted by Gasteiger charge is -2.20. The van der Waals surface area contributed by atoms with Crippen molar-refractivity contribution < 1.29 is 14.6 Å². The normalized spacial score (nSPS) is 27.1. The van der Waals surface area contributed by atoms with E-state index in [4.69, 9.17) is 15.2 Å². The van der Waals surface area contributed by atoms with Crippen LogP contribution in [0.4, 0.5) is 5.69 Å². The van der Waals surface area contributed by atoms with Crippen molar-refractivity contribution in [1.82, 2.24) is 0 Å². The van der Waals surface area contributed by atoms with Crippen molar-refractivity contribution in [2.75, 3.05) is 12.3 Å². The standard InChI is InChI=1S/C15H23NO3/c1-3-10(4-2)15-18-13(9-17)14(19-15)11-7-5-6-8-12(11)16/h5-8,10,13-15,17H,3-4,9,16H2,1-2H3/t13-,14-,15?/m1/s1. The SMILES string of the molecule is CCC(CC)C1O[C@H](c2ccccc2N)[C@@H](CO)O1. The Balaban J connectivity index is 2.19. The average molecular weight is 265 g/mol. The molecule has 1 saturated heterocycles. The number of para-hydroxylation sites is 1. The van der Waals surface area contributed by atoms with Crippen LogP contribution < -0.4 is 5.73 Å². The zero-order valence-corrected chi connectivity index (χ0v) is 11.6. The van der Waals surface area contributed by atoms with Crippen LogP contribution >= 0.6 is 0 Å². The van der Waals surface area contributed by atoms with Gasteiger partial charge in [-0.05, 0) is 18.9 Å². The zero-order valence-electron chi connectivity index (χ0n) is 11.6. The molecule has 0 radical (unpaired) electrons. The second-order valence-corrected chi connectivity index (χ2v) is 4.99. The third-order valence-electron chi connectivity index (χ3n) is 3.84. The minimum absolute atomic E-state index is 0.0599. The molecule has 4 nitrogen and oxygen atoms in total. The van der Waals surface area contributed by atoms with Gasteiger partial charge in [-0.15, -0.1) is 0 Å². The summed E-state index contributed by atoms with van der Waals surface area (Å²) < 4.78 is 11.9. The Morgan fingerprint density at radius 1 is 1.21 bits per heavy atom. The minimum Gasteiger partial charge on any atom is -0.398 e. The predicted molar refractivity (Wildman–Crippen MR) is 74.5 cm³/mol. The third kappa shape index (κ3) is 2.91. The molecular formula is C15H23NO3. The first-order chi connectivity index (χ1) is 9.21. The van der Waals surface area contributed by atoms with E-state index in [1.165, 1.54) is 0 Å². The molecule has 1 heterocycles. The Morgan fingerprint density at radius 3 is 2.47 bits per heavy atom. The number of rotatable bonds is 5. The van der Waals surface area contributed by atoms with Crippen molar-refractivity contribution in [2.24, 2.45) is 5.92 Å². The number of anilines is 1. The molecule has 0 aromatic heterocycles. The summed E-state index contributed by atoms with van der Waals surface area (Å²) in [6, 6.07) is 7.59. The number of aliphatic hydroxyl groups is 1. The highest BCUT2D eigenvalue weighted by molar-refractivity contribution is 5.48. The molecule has 2 rings (SSSR count). The molecule has 0 amide bonds. The number of nitrogens with two attached hydrogens (primary N) is 1. The summed E-state index contributed by atoms with van der Waals surface area (Å²) >= 11 is 0. The lowest BCUT2D eigenvalue weighted by molar-refractivity contribution is -0.110. The quantitative estimate of drug-likeness (QED) is 0.803. The van der Waals surface area contributed by atoms with Crippen LogP contribution in [0.2, 0.25) is 0 Å². The number of benzene rings is 1. The second kappa shape index (κ2) is 6.37. The fourth-order valence-electron chi connectivity index (χ4n) is 2.59. The molecule has 0 saturated carbocycles. The van der Waals surface area contributed by atoms with E-state index in [0.29, 0.717) is 11.6 Å². The van der Waals surface area contributed by atoms with Crippen LogP contribution in [-0.4, -0.2) is 24.1 Å². The van der Waals surface area contributed by atoms with Crippen molar-refractivity contribution in [3.05, 3.63) is 29.8 Å². The molecular weight excluding hydrogens is 242 g/mol. The maximum absolute atomic E-state index is 9.49. The zero-order chi connectivity index (χ0) is 13.8. The Bertz CT molecular complexity index is 406. The minimum atomic E-state index is -0.338. The van der Waals surface area contributed by atoms with Gasteiger partial charge in [0.15, 0.2) is 6.29 Å². The van der Waals surface area contributed by atoms with Gasteiger partial charge in [0.25, 0.3) is 0 Å². The van der Waals surface area contributed by atoms with Crippen LogP contribution in [0.25, 0.3) is 0 Å². The number of hydrogen-bond acceptors (Lipinski definition) is 4. The molecule has 0 bridgehead atoms. The molecule has 19 heavy (non-hydrogen) atoms. The topological polar surface area (TPSA) is 64.7 Å². The molecule has 0 aliphatic carbocycles. The van der Waals surface area contributed by atoms with Crippen LogP contribution in [0.5, 0.6) is 0 Å². The Kier molecular flexibility index (Phi) is 4.80. The lowest BCUT2D eigenvalue weighted by Crippen LogP contribution is -2.23. The average Bonchev–Trinajstić information content (AvgIpc) is 2.84. The van der Waals surface area contributed by atoms with Crippen molar-refractivity contribution in [2.45, 2.75) is 45.2 Å². The summed E-state index contributed by atoms with van der Waals surface area (Å²) in [5.74, 6) is 0.351. The highest BCUT2D eigenvalue weighted by Crippen LogP contribution is 2.38.